The minimum absolute atomic E-state index is 0.0686. The van der Waals surface area contributed by atoms with Gasteiger partial charge in [-0.05, 0) is 27.6 Å². The molecule has 1 aromatic heterocycles. The highest BCUT2D eigenvalue weighted by Crippen LogP contribution is 2.36. The fourth-order valence-corrected chi connectivity index (χ4v) is 10.4. The van der Waals surface area contributed by atoms with Gasteiger partial charge in [0.05, 0.1) is 25.5 Å². The molecule has 2 aromatic carbocycles. The van der Waals surface area contributed by atoms with Crippen LogP contribution in [0, 0.1) is 0 Å². The van der Waals surface area contributed by atoms with Crippen LogP contribution in [0.25, 0.3) is 5.70 Å². The van der Waals surface area contributed by atoms with Crippen LogP contribution in [0.2, 0.25) is 5.04 Å². The number of fused-ring (bicyclic) bond motifs is 2. The highest BCUT2D eigenvalue weighted by Gasteiger charge is 2.50. The van der Waals surface area contributed by atoms with Crippen LogP contribution >= 0.6 is 0 Å². The number of hydroxylamine groups is 3. The fourth-order valence-electron chi connectivity index (χ4n) is 5.49. The van der Waals surface area contributed by atoms with Gasteiger partial charge in [0.15, 0.2) is 5.69 Å². The molecule has 13 nitrogen and oxygen atoms in total. The number of nitrogens with zero attached hydrogens (tertiary/aromatic N) is 4. The summed E-state index contributed by atoms with van der Waals surface area (Å²) in [5, 5.41) is 6.94. The van der Waals surface area contributed by atoms with E-state index < -0.39 is 36.7 Å². The van der Waals surface area contributed by atoms with E-state index in [-0.39, 0.29) is 37.0 Å². The summed E-state index contributed by atoms with van der Waals surface area (Å²) in [6, 6.07) is 20.4. The van der Waals surface area contributed by atoms with Crippen molar-refractivity contribution in [3.63, 3.8) is 0 Å². The standard InChI is InChI=1S/C28H33N5O8SSi/c1-28(2,3)43(23-10-6-4-7-11-23,24-12-8-5-9-13-24)40-17-16-39-30-26(34)25-14-15-32(29-25)21-18-22-20-31(19-21)27(35)33(22)41-42(36,37)38/h4-15,18,22H,16-17,19-20H2,1-3H3,(H,30,34)(H,36,37,38). The van der Waals surface area contributed by atoms with Crippen LogP contribution < -0.4 is 15.9 Å². The largest absolute Gasteiger partial charge is 0.418 e. The summed E-state index contributed by atoms with van der Waals surface area (Å²) in [5.41, 5.74) is 2.99. The number of hydrogen-bond donors (Lipinski definition) is 2. The molecule has 0 spiro atoms. The average Bonchev–Trinajstić information content (AvgIpc) is 3.54. The van der Waals surface area contributed by atoms with Crippen molar-refractivity contribution in [2.45, 2.75) is 31.9 Å². The molecule has 1 saturated heterocycles. The molecule has 2 bridgehead atoms. The minimum atomic E-state index is -4.87. The molecule has 3 heterocycles. The minimum Gasteiger partial charge on any atom is -0.405 e. The third-order valence-electron chi connectivity index (χ3n) is 7.28. The van der Waals surface area contributed by atoms with Crippen LogP contribution in [0.1, 0.15) is 31.3 Å². The first kappa shape index (κ1) is 30.6. The number of amides is 3. The van der Waals surface area contributed by atoms with Gasteiger partial charge < -0.3 is 9.33 Å². The van der Waals surface area contributed by atoms with E-state index in [1.54, 1.807) is 6.08 Å². The van der Waals surface area contributed by atoms with E-state index in [9.17, 15) is 18.0 Å². The van der Waals surface area contributed by atoms with Gasteiger partial charge >= 0.3 is 16.4 Å². The SMILES string of the molecule is CC(C)(C)[Si](OCCONC(=O)c1ccn(C2=CC3CN(C2)C(=O)N3OS(=O)(=O)O)n1)(c1ccccc1)c1ccccc1. The van der Waals surface area contributed by atoms with Crippen LogP contribution in [0.4, 0.5) is 4.79 Å². The molecule has 228 valence electrons. The van der Waals surface area contributed by atoms with E-state index in [0.29, 0.717) is 10.8 Å². The molecule has 2 aliphatic rings. The van der Waals surface area contributed by atoms with Crippen LogP contribution in [-0.4, -0.2) is 85.3 Å². The number of benzene rings is 2. The van der Waals surface area contributed by atoms with Crippen molar-refractivity contribution in [2.24, 2.45) is 0 Å². The second-order valence-electron chi connectivity index (χ2n) is 11.2. The first-order chi connectivity index (χ1) is 20.4. The number of urea groups is 1. The van der Waals surface area contributed by atoms with E-state index in [2.05, 4.69) is 59.9 Å². The molecule has 0 radical (unpaired) electrons. The van der Waals surface area contributed by atoms with Crippen LogP contribution in [0.15, 0.2) is 79.0 Å². The van der Waals surface area contributed by atoms with Gasteiger partial charge in [-0.2, -0.15) is 18.6 Å². The molecule has 1 atom stereocenters. The quantitative estimate of drug-likeness (QED) is 0.140. The van der Waals surface area contributed by atoms with Crippen molar-refractivity contribution in [2.75, 3.05) is 26.3 Å². The number of aromatic nitrogens is 2. The molecule has 1 unspecified atom stereocenters. The maximum atomic E-state index is 12.8. The normalized spacial score (nSPS) is 17.3. The highest BCUT2D eigenvalue weighted by molar-refractivity contribution is 7.80. The summed E-state index contributed by atoms with van der Waals surface area (Å²) in [7, 11) is -7.61. The summed E-state index contributed by atoms with van der Waals surface area (Å²) >= 11 is 0. The lowest BCUT2D eigenvalue weighted by molar-refractivity contribution is -0.0183. The average molecular weight is 628 g/mol. The van der Waals surface area contributed by atoms with Crippen molar-refractivity contribution < 1.29 is 36.1 Å². The van der Waals surface area contributed by atoms with Gasteiger partial charge in [0.2, 0.25) is 0 Å². The zero-order valence-corrected chi connectivity index (χ0v) is 25.7. The van der Waals surface area contributed by atoms with Crippen LogP contribution in [0.3, 0.4) is 0 Å². The Hall–Kier alpha value is -3.86. The second-order valence-corrected chi connectivity index (χ2v) is 16.5. The molecule has 1 fully saturated rings. The summed E-state index contributed by atoms with van der Waals surface area (Å²) in [4.78, 5) is 32.0. The Morgan fingerprint density at radius 1 is 1.05 bits per heavy atom. The highest BCUT2D eigenvalue weighted by atomic mass is 32.3. The van der Waals surface area contributed by atoms with E-state index in [4.69, 9.17) is 13.8 Å². The Labute approximate surface area is 250 Å². The molecule has 43 heavy (non-hydrogen) atoms. The third-order valence-corrected chi connectivity index (χ3v) is 12.7. The number of hydrogen-bond acceptors (Lipinski definition) is 8. The predicted molar refractivity (Wildman–Crippen MR) is 159 cm³/mol. The van der Waals surface area contributed by atoms with Gasteiger partial charge in [-0.15, -0.1) is 4.28 Å². The van der Waals surface area contributed by atoms with Crippen molar-refractivity contribution in [3.05, 3.63) is 84.7 Å². The van der Waals surface area contributed by atoms with E-state index in [1.807, 2.05) is 36.4 Å². The molecule has 2 N–H and O–H groups in total. The Bertz CT molecular complexity index is 1570. The third kappa shape index (κ3) is 6.41. The fraction of sp³-hybridized carbons (Fsp3) is 0.321. The van der Waals surface area contributed by atoms with Gasteiger partial charge in [-0.3, -0.25) is 14.2 Å². The lowest BCUT2D eigenvalue weighted by Gasteiger charge is -2.43. The zero-order chi connectivity index (χ0) is 30.8. The number of carbonyl (C=O) groups is 2. The van der Waals surface area contributed by atoms with Crippen LogP contribution in [-0.2, 0) is 23.9 Å². The van der Waals surface area contributed by atoms with Gasteiger partial charge in [0.1, 0.15) is 6.04 Å². The van der Waals surface area contributed by atoms with Gasteiger partial charge in [-0.1, -0.05) is 81.4 Å². The molecule has 0 saturated carbocycles. The van der Waals surface area contributed by atoms with E-state index in [0.717, 1.165) is 10.4 Å². The predicted octanol–water partition coefficient (Wildman–Crippen LogP) is 1.82. The smallest absolute Gasteiger partial charge is 0.405 e. The Kier molecular flexibility index (Phi) is 8.55. The van der Waals surface area contributed by atoms with Crippen molar-refractivity contribution in [1.29, 1.82) is 0 Å². The number of carbonyl (C=O) groups excluding carboxylic acids is 2. The Morgan fingerprint density at radius 3 is 2.26 bits per heavy atom. The molecule has 15 heteroatoms. The van der Waals surface area contributed by atoms with Crippen molar-refractivity contribution in [1.82, 2.24) is 25.2 Å². The molecular formula is C28H33N5O8SSi. The Morgan fingerprint density at radius 2 is 1.67 bits per heavy atom. The second kappa shape index (κ2) is 12.0. The summed E-state index contributed by atoms with van der Waals surface area (Å²) in [6.07, 6.45) is 3.12. The molecule has 2 aliphatic heterocycles. The van der Waals surface area contributed by atoms with Crippen molar-refractivity contribution in [3.8, 4) is 0 Å². The molecule has 0 aliphatic carbocycles. The Balaban J connectivity index is 1.21. The summed E-state index contributed by atoms with van der Waals surface area (Å²) < 4.78 is 43.8. The van der Waals surface area contributed by atoms with E-state index >= 15 is 0 Å². The lowest BCUT2D eigenvalue weighted by Crippen LogP contribution is -2.66. The maximum Gasteiger partial charge on any atom is 0.418 e. The number of rotatable bonds is 11. The van der Waals surface area contributed by atoms with E-state index in [1.165, 1.54) is 21.8 Å². The van der Waals surface area contributed by atoms with Crippen LogP contribution in [0.5, 0.6) is 0 Å². The lowest BCUT2D eigenvalue weighted by atomic mass is 10.2. The topological polar surface area (TPSA) is 153 Å². The first-order valence-corrected chi connectivity index (χ1v) is 16.9. The molecule has 3 aromatic rings. The number of nitrogens with one attached hydrogen (secondary N) is 1. The summed E-state index contributed by atoms with van der Waals surface area (Å²) in [5.74, 6) is -0.573. The zero-order valence-electron chi connectivity index (χ0n) is 23.9. The summed E-state index contributed by atoms with van der Waals surface area (Å²) in [6.45, 7) is 7.15. The molecule has 5 rings (SSSR count). The van der Waals surface area contributed by atoms with Gasteiger partial charge in [0.25, 0.3) is 14.2 Å². The van der Waals surface area contributed by atoms with Gasteiger partial charge in [0, 0.05) is 12.7 Å². The molecular weight excluding hydrogens is 594 g/mol. The van der Waals surface area contributed by atoms with Gasteiger partial charge in [-0.25, -0.2) is 15.0 Å². The molecule has 3 amide bonds. The maximum absolute atomic E-state index is 12.8. The monoisotopic (exact) mass is 627 g/mol. The van der Waals surface area contributed by atoms with Crippen molar-refractivity contribution >= 4 is 46.7 Å². The first-order valence-electron chi connectivity index (χ1n) is 13.6.